The van der Waals surface area contributed by atoms with Gasteiger partial charge in [-0.2, -0.15) is 0 Å². The second kappa shape index (κ2) is 75.1. The monoisotopic (exact) mass is 1200 g/mol. The van der Waals surface area contributed by atoms with Crippen LogP contribution in [0.1, 0.15) is 457 Å². The molecule has 2 unspecified atom stereocenters. The minimum Gasteiger partial charge on any atom is -0.466 e. The number of hydrogen-bond acceptors (Lipinski definition) is 5. The van der Waals surface area contributed by atoms with Crippen molar-refractivity contribution >= 4 is 11.9 Å². The summed E-state index contributed by atoms with van der Waals surface area (Å²) < 4.78 is 5.50. The maximum Gasteiger partial charge on any atom is 0.305 e. The van der Waals surface area contributed by atoms with Crippen molar-refractivity contribution in [1.82, 2.24) is 5.32 Å². The molecule has 0 aliphatic heterocycles. The van der Waals surface area contributed by atoms with Crippen LogP contribution < -0.4 is 5.32 Å². The first-order valence-electron chi connectivity index (χ1n) is 39.5. The molecule has 0 aliphatic rings. The number of carbonyl (C=O) groups excluding carboxylic acids is 2. The van der Waals surface area contributed by atoms with Crippen molar-refractivity contribution < 1.29 is 24.5 Å². The standard InChI is InChI=1S/C79H155NO5/c1-3-5-7-9-11-13-15-17-18-19-20-21-22-29-32-35-38-41-44-48-51-55-59-63-67-71-77(82)76(75-81)80-78(83)72-68-64-60-56-52-49-45-42-39-36-33-30-27-25-23-24-26-28-31-34-37-40-43-46-50-54-58-62-66-70-74-85-79(84)73-69-65-61-57-53-47-16-14-12-10-8-6-4-2/h67,71,76-77,81-82H,3-66,68-70,72-75H2,1-2H3,(H,80,83)/b71-67+. The molecule has 1 amide bonds. The summed E-state index contributed by atoms with van der Waals surface area (Å²) >= 11 is 0. The van der Waals surface area contributed by atoms with Crippen molar-refractivity contribution in [3.63, 3.8) is 0 Å². The smallest absolute Gasteiger partial charge is 0.305 e. The number of aliphatic hydroxyl groups excluding tert-OH is 2. The number of nitrogens with one attached hydrogen (secondary N) is 1. The molecule has 85 heavy (non-hydrogen) atoms. The molecule has 0 spiro atoms. The van der Waals surface area contributed by atoms with Gasteiger partial charge in [0, 0.05) is 12.8 Å². The molecule has 0 radical (unpaired) electrons. The lowest BCUT2D eigenvalue weighted by Gasteiger charge is -2.20. The molecule has 0 aromatic heterocycles. The van der Waals surface area contributed by atoms with E-state index in [1.807, 2.05) is 6.08 Å². The minimum atomic E-state index is -0.843. The molecule has 0 aliphatic carbocycles. The molecule has 0 saturated carbocycles. The third-order valence-electron chi connectivity index (χ3n) is 18.8. The summed E-state index contributed by atoms with van der Waals surface area (Å²) in [5.41, 5.74) is 0. The second-order valence-electron chi connectivity index (χ2n) is 27.4. The molecule has 2 atom stereocenters. The Balaban J connectivity index is 3.36. The van der Waals surface area contributed by atoms with Crippen LogP contribution >= 0.6 is 0 Å². The van der Waals surface area contributed by atoms with Crippen LogP contribution in [0.4, 0.5) is 0 Å². The Labute approximate surface area is 533 Å². The minimum absolute atomic E-state index is 0.0226. The number of rotatable bonds is 75. The Morgan fingerprint density at radius 1 is 0.318 bits per heavy atom. The fraction of sp³-hybridized carbons (Fsp3) is 0.949. The average Bonchev–Trinajstić information content (AvgIpc) is 3.53. The molecule has 0 aromatic rings. The molecule has 3 N–H and O–H groups in total. The third kappa shape index (κ3) is 71.6. The lowest BCUT2D eigenvalue weighted by molar-refractivity contribution is -0.143. The van der Waals surface area contributed by atoms with Gasteiger partial charge in [0.05, 0.1) is 25.4 Å². The Hall–Kier alpha value is -1.40. The molecule has 506 valence electrons. The van der Waals surface area contributed by atoms with E-state index >= 15 is 0 Å². The quantitative estimate of drug-likeness (QED) is 0.0320. The van der Waals surface area contributed by atoms with Gasteiger partial charge in [0.15, 0.2) is 0 Å². The molecule has 0 bridgehead atoms. The molecular weight excluding hydrogens is 1040 g/mol. The Kier molecular flexibility index (Phi) is 73.8. The normalized spacial score (nSPS) is 12.5. The molecule has 0 rings (SSSR count). The van der Waals surface area contributed by atoms with E-state index in [1.54, 1.807) is 6.08 Å². The van der Waals surface area contributed by atoms with Crippen LogP contribution in [-0.4, -0.2) is 47.4 Å². The zero-order chi connectivity index (χ0) is 61.3. The van der Waals surface area contributed by atoms with Gasteiger partial charge >= 0.3 is 5.97 Å². The van der Waals surface area contributed by atoms with Crippen LogP contribution in [0, 0.1) is 0 Å². The highest BCUT2D eigenvalue weighted by Crippen LogP contribution is 2.20. The van der Waals surface area contributed by atoms with Crippen molar-refractivity contribution in [2.75, 3.05) is 13.2 Å². The van der Waals surface area contributed by atoms with Crippen LogP contribution in [0.25, 0.3) is 0 Å². The highest BCUT2D eigenvalue weighted by Gasteiger charge is 2.18. The SMILES string of the molecule is CCCCCCCCCCCCCCCCCCCCCCCCC/C=C/C(O)C(CO)NC(=O)CCCCCCCCCCCCCCCCCCCCCCCCCCCCCCCCOC(=O)CCCCCCCCCCCCCCC. The van der Waals surface area contributed by atoms with Crippen LogP contribution in [-0.2, 0) is 14.3 Å². The fourth-order valence-electron chi connectivity index (χ4n) is 12.8. The van der Waals surface area contributed by atoms with Crippen LogP contribution in [0.15, 0.2) is 12.2 Å². The first kappa shape index (κ1) is 83.6. The number of esters is 1. The van der Waals surface area contributed by atoms with E-state index in [1.165, 1.54) is 392 Å². The zero-order valence-electron chi connectivity index (χ0n) is 58.1. The van der Waals surface area contributed by atoms with Crippen LogP contribution in [0.3, 0.4) is 0 Å². The average molecular weight is 1200 g/mol. The van der Waals surface area contributed by atoms with Crippen LogP contribution in [0.5, 0.6) is 0 Å². The number of amides is 1. The van der Waals surface area contributed by atoms with Gasteiger partial charge in [0.25, 0.3) is 0 Å². The summed E-state index contributed by atoms with van der Waals surface area (Å²) in [5.74, 6) is -0.0356. The number of allylic oxidation sites excluding steroid dienone is 1. The predicted molar refractivity (Wildman–Crippen MR) is 375 cm³/mol. The number of unbranched alkanes of at least 4 members (excludes halogenated alkanes) is 64. The molecular formula is C79H155NO5. The van der Waals surface area contributed by atoms with Crippen molar-refractivity contribution in [2.45, 2.75) is 469 Å². The summed E-state index contributed by atoms with van der Waals surface area (Å²) in [6.45, 7) is 4.96. The molecule has 0 aromatic carbocycles. The topological polar surface area (TPSA) is 95.9 Å². The number of hydrogen-bond donors (Lipinski definition) is 3. The summed E-state index contributed by atoms with van der Waals surface area (Å²) in [4.78, 5) is 24.6. The maximum absolute atomic E-state index is 12.6. The van der Waals surface area contributed by atoms with Gasteiger partial charge in [-0.3, -0.25) is 9.59 Å². The van der Waals surface area contributed by atoms with Gasteiger partial charge < -0.3 is 20.3 Å². The third-order valence-corrected chi connectivity index (χ3v) is 18.8. The first-order chi connectivity index (χ1) is 42.0. The van der Waals surface area contributed by atoms with E-state index in [9.17, 15) is 19.8 Å². The summed E-state index contributed by atoms with van der Waals surface area (Å²) in [5, 5.41) is 23.3. The van der Waals surface area contributed by atoms with Gasteiger partial charge in [-0.05, 0) is 32.1 Å². The van der Waals surface area contributed by atoms with Crippen molar-refractivity contribution in [2.24, 2.45) is 0 Å². The molecule has 6 nitrogen and oxygen atoms in total. The Bertz CT molecular complexity index is 1290. The van der Waals surface area contributed by atoms with Crippen molar-refractivity contribution in [3.05, 3.63) is 12.2 Å². The van der Waals surface area contributed by atoms with Gasteiger partial charge in [0.1, 0.15) is 0 Å². The van der Waals surface area contributed by atoms with E-state index in [0.29, 0.717) is 19.4 Å². The number of aliphatic hydroxyl groups is 2. The largest absolute Gasteiger partial charge is 0.466 e. The maximum atomic E-state index is 12.6. The highest BCUT2D eigenvalue weighted by atomic mass is 16.5. The predicted octanol–water partition coefficient (Wildman–Crippen LogP) is 25.9. The summed E-state index contributed by atoms with van der Waals surface area (Å²) in [7, 11) is 0. The molecule has 0 saturated heterocycles. The van der Waals surface area contributed by atoms with Crippen molar-refractivity contribution in [3.8, 4) is 0 Å². The molecule has 0 fully saturated rings. The fourth-order valence-corrected chi connectivity index (χ4v) is 12.8. The van der Waals surface area contributed by atoms with E-state index in [-0.39, 0.29) is 18.5 Å². The van der Waals surface area contributed by atoms with Gasteiger partial charge in [-0.25, -0.2) is 0 Å². The highest BCUT2D eigenvalue weighted by molar-refractivity contribution is 5.76. The van der Waals surface area contributed by atoms with E-state index < -0.39 is 12.1 Å². The Morgan fingerprint density at radius 3 is 0.800 bits per heavy atom. The number of ether oxygens (including phenoxy) is 1. The van der Waals surface area contributed by atoms with Gasteiger partial charge in [-0.1, -0.05) is 424 Å². The summed E-state index contributed by atoms with van der Waals surface area (Å²) in [6, 6.07) is -0.626. The lowest BCUT2D eigenvalue weighted by Crippen LogP contribution is -2.45. The Morgan fingerprint density at radius 2 is 0.541 bits per heavy atom. The van der Waals surface area contributed by atoms with Gasteiger partial charge in [0.2, 0.25) is 5.91 Å². The van der Waals surface area contributed by atoms with E-state index in [2.05, 4.69) is 19.2 Å². The molecule has 6 heteroatoms. The number of carbonyl (C=O) groups is 2. The van der Waals surface area contributed by atoms with Crippen LogP contribution in [0.2, 0.25) is 0 Å². The van der Waals surface area contributed by atoms with Crippen molar-refractivity contribution in [1.29, 1.82) is 0 Å². The summed E-state index contributed by atoms with van der Waals surface area (Å²) in [6.07, 6.45) is 94.8. The zero-order valence-corrected chi connectivity index (χ0v) is 58.1. The molecule has 0 heterocycles. The lowest BCUT2D eigenvalue weighted by atomic mass is 10.0. The van der Waals surface area contributed by atoms with E-state index in [4.69, 9.17) is 4.74 Å². The second-order valence-corrected chi connectivity index (χ2v) is 27.4. The van der Waals surface area contributed by atoms with Gasteiger partial charge in [-0.15, -0.1) is 0 Å². The first-order valence-corrected chi connectivity index (χ1v) is 39.5. The van der Waals surface area contributed by atoms with E-state index in [0.717, 1.165) is 38.5 Å².